The smallest absolute Gasteiger partial charge is 0.337 e. The molecule has 0 unspecified atom stereocenters. The van der Waals surface area contributed by atoms with Gasteiger partial charge in [0.05, 0.1) is 30.6 Å². The zero-order valence-electron chi connectivity index (χ0n) is 11.5. The van der Waals surface area contributed by atoms with E-state index in [1.807, 2.05) is 11.5 Å². The van der Waals surface area contributed by atoms with Crippen LogP contribution < -0.4 is 11.1 Å². The number of aryl methyl sites for hydroxylation is 1. The average molecular weight is 275 g/mol. The molecule has 0 radical (unpaired) electrons. The Morgan fingerprint density at radius 1 is 1.50 bits per heavy atom. The van der Waals surface area contributed by atoms with Crippen molar-refractivity contribution in [2.45, 2.75) is 20.0 Å². The highest BCUT2D eigenvalue weighted by Gasteiger charge is 2.09. The Morgan fingerprint density at radius 2 is 2.30 bits per heavy atom. The van der Waals surface area contributed by atoms with E-state index in [1.54, 1.807) is 24.5 Å². The lowest BCUT2D eigenvalue weighted by Crippen LogP contribution is -2.09. The van der Waals surface area contributed by atoms with Crippen molar-refractivity contribution in [3.63, 3.8) is 0 Å². The molecular formula is C13H17N5O2. The molecule has 2 rings (SSSR count). The van der Waals surface area contributed by atoms with Gasteiger partial charge in [-0.2, -0.15) is 0 Å². The molecule has 0 aliphatic rings. The Labute approximate surface area is 116 Å². The highest BCUT2D eigenvalue weighted by atomic mass is 16.5. The van der Waals surface area contributed by atoms with Crippen LogP contribution in [0.3, 0.4) is 0 Å². The number of anilines is 2. The van der Waals surface area contributed by atoms with Crippen molar-refractivity contribution in [3.8, 4) is 0 Å². The molecule has 0 aliphatic heterocycles. The summed E-state index contributed by atoms with van der Waals surface area (Å²) in [5.74, 6) is 0.415. The van der Waals surface area contributed by atoms with Gasteiger partial charge >= 0.3 is 5.97 Å². The maximum atomic E-state index is 11.4. The van der Waals surface area contributed by atoms with Gasteiger partial charge in [0.1, 0.15) is 6.33 Å². The van der Waals surface area contributed by atoms with E-state index in [9.17, 15) is 4.79 Å². The van der Waals surface area contributed by atoms with Gasteiger partial charge in [0.25, 0.3) is 0 Å². The van der Waals surface area contributed by atoms with Crippen molar-refractivity contribution in [1.82, 2.24) is 14.8 Å². The number of hydrogen-bond donors (Lipinski definition) is 2. The molecule has 0 fully saturated rings. The number of nitrogens with zero attached hydrogens (tertiary/aromatic N) is 3. The number of aromatic nitrogens is 3. The van der Waals surface area contributed by atoms with E-state index in [-0.39, 0.29) is 0 Å². The predicted molar refractivity (Wildman–Crippen MR) is 75.2 cm³/mol. The van der Waals surface area contributed by atoms with Crippen LogP contribution >= 0.6 is 0 Å². The van der Waals surface area contributed by atoms with E-state index in [0.717, 1.165) is 18.1 Å². The lowest BCUT2D eigenvalue weighted by Gasteiger charge is -2.10. The Bertz CT molecular complexity index is 609. The molecule has 7 heteroatoms. The van der Waals surface area contributed by atoms with Crippen LogP contribution in [-0.2, 0) is 17.8 Å². The Morgan fingerprint density at radius 3 is 2.95 bits per heavy atom. The average Bonchev–Trinajstić information content (AvgIpc) is 2.92. The van der Waals surface area contributed by atoms with Crippen LogP contribution in [0.4, 0.5) is 11.4 Å². The van der Waals surface area contributed by atoms with Crippen LogP contribution in [0, 0.1) is 0 Å². The quantitative estimate of drug-likeness (QED) is 0.630. The number of carbonyl (C=O) groups excluding carboxylic acids is 1. The monoisotopic (exact) mass is 275 g/mol. The van der Waals surface area contributed by atoms with Crippen LogP contribution in [0.5, 0.6) is 0 Å². The molecule has 0 aliphatic carbocycles. The Kier molecular flexibility index (Phi) is 4.19. The van der Waals surface area contributed by atoms with Gasteiger partial charge in [-0.25, -0.2) is 4.79 Å². The van der Waals surface area contributed by atoms with Crippen molar-refractivity contribution < 1.29 is 9.53 Å². The molecule has 0 bridgehead atoms. The van der Waals surface area contributed by atoms with E-state index in [2.05, 4.69) is 20.3 Å². The number of nitrogens with two attached hydrogens (primary N) is 1. The molecule has 0 amide bonds. The molecule has 20 heavy (non-hydrogen) atoms. The van der Waals surface area contributed by atoms with Gasteiger partial charge in [-0.05, 0) is 25.1 Å². The number of rotatable bonds is 5. The summed E-state index contributed by atoms with van der Waals surface area (Å²) in [5.41, 5.74) is 7.56. The van der Waals surface area contributed by atoms with Gasteiger partial charge in [0.15, 0.2) is 5.82 Å². The Hall–Kier alpha value is -2.57. The highest BCUT2D eigenvalue weighted by Crippen LogP contribution is 2.20. The van der Waals surface area contributed by atoms with E-state index in [1.165, 1.54) is 7.11 Å². The number of hydrogen-bond acceptors (Lipinski definition) is 6. The molecule has 1 aromatic carbocycles. The molecule has 0 spiro atoms. The van der Waals surface area contributed by atoms with Crippen LogP contribution in [-0.4, -0.2) is 27.8 Å². The summed E-state index contributed by atoms with van der Waals surface area (Å²) >= 11 is 0. The van der Waals surface area contributed by atoms with Gasteiger partial charge < -0.3 is 20.4 Å². The third-order valence-corrected chi connectivity index (χ3v) is 2.95. The van der Waals surface area contributed by atoms with Crippen LogP contribution in [0.2, 0.25) is 0 Å². The first-order valence-electron chi connectivity index (χ1n) is 6.24. The first kappa shape index (κ1) is 13.9. The fourth-order valence-corrected chi connectivity index (χ4v) is 1.82. The lowest BCUT2D eigenvalue weighted by molar-refractivity contribution is 0.0601. The standard InChI is InChI=1S/C13H17N5O2/c1-3-18-8-16-17-12(18)7-15-11-5-4-9(6-10(11)14)13(19)20-2/h4-6,8,15H,3,7,14H2,1-2H3. The summed E-state index contributed by atoms with van der Waals surface area (Å²) < 4.78 is 6.58. The maximum Gasteiger partial charge on any atom is 0.337 e. The summed E-state index contributed by atoms with van der Waals surface area (Å²) in [5, 5.41) is 11.1. The molecule has 1 heterocycles. The molecule has 0 saturated heterocycles. The number of methoxy groups -OCH3 is 1. The Balaban J connectivity index is 2.09. The highest BCUT2D eigenvalue weighted by molar-refractivity contribution is 5.91. The SMILES string of the molecule is CCn1cnnc1CNc1ccc(C(=O)OC)cc1N. The van der Waals surface area contributed by atoms with E-state index >= 15 is 0 Å². The van der Waals surface area contributed by atoms with E-state index in [4.69, 9.17) is 5.73 Å². The van der Waals surface area contributed by atoms with Crippen molar-refractivity contribution in [3.05, 3.63) is 35.9 Å². The molecule has 3 N–H and O–H groups in total. The minimum absolute atomic E-state index is 0.408. The largest absolute Gasteiger partial charge is 0.465 e. The van der Waals surface area contributed by atoms with Crippen molar-refractivity contribution in [1.29, 1.82) is 0 Å². The second-order valence-corrected chi connectivity index (χ2v) is 4.18. The van der Waals surface area contributed by atoms with Gasteiger partial charge in [0, 0.05) is 6.54 Å². The second-order valence-electron chi connectivity index (χ2n) is 4.18. The van der Waals surface area contributed by atoms with Crippen LogP contribution in [0.25, 0.3) is 0 Å². The number of ether oxygens (including phenoxy) is 1. The third kappa shape index (κ3) is 2.87. The van der Waals surface area contributed by atoms with Crippen molar-refractivity contribution >= 4 is 17.3 Å². The van der Waals surface area contributed by atoms with E-state index in [0.29, 0.717) is 17.8 Å². The normalized spacial score (nSPS) is 10.3. The number of nitrogen functional groups attached to an aromatic ring is 1. The summed E-state index contributed by atoms with van der Waals surface area (Å²) in [7, 11) is 1.34. The lowest BCUT2D eigenvalue weighted by atomic mass is 10.1. The molecule has 106 valence electrons. The van der Waals surface area contributed by atoms with Crippen molar-refractivity contribution in [2.75, 3.05) is 18.2 Å². The summed E-state index contributed by atoms with van der Waals surface area (Å²) in [6.45, 7) is 3.34. The number of benzene rings is 1. The van der Waals surface area contributed by atoms with Gasteiger partial charge in [-0.3, -0.25) is 0 Å². The van der Waals surface area contributed by atoms with Gasteiger partial charge in [-0.15, -0.1) is 10.2 Å². The van der Waals surface area contributed by atoms with E-state index < -0.39 is 5.97 Å². The van der Waals surface area contributed by atoms with Crippen molar-refractivity contribution in [2.24, 2.45) is 0 Å². The van der Waals surface area contributed by atoms with Crippen LogP contribution in [0.15, 0.2) is 24.5 Å². The second kappa shape index (κ2) is 6.05. The first-order chi connectivity index (χ1) is 9.65. The minimum Gasteiger partial charge on any atom is -0.465 e. The van der Waals surface area contributed by atoms with Gasteiger partial charge in [-0.1, -0.05) is 0 Å². The fourth-order valence-electron chi connectivity index (χ4n) is 1.82. The molecule has 0 atom stereocenters. The number of nitrogens with one attached hydrogen (secondary N) is 1. The van der Waals surface area contributed by atoms with Gasteiger partial charge in [0.2, 0.25) is 0 Å². The fraction of sp³-hybridized carbons (Fsp3) is 0.308. The molecule has 2 aromatic rings. The first-order valence-corrected chi connectivity index (χ1v) is 6.24. The number of esters is 1. The zero-order valence-corrected chi connectivity index (χ0v) is 11.5. The topological polar surface area (TPSA) is 95.1 Å². The molecule has 0 saturated carbocycles. The summed E-state index contributed by atoms with van der Waals surface area (Å²) in [6.07, 6.45) is 1.68. The van der Waals surface area contributed by atoms with Crippen LogP contribution in [0.1, 0.15) is 23.1 Å². The summed E-state index contributed by atoms with van der Waals surface area (Å²) in [4.78, 5) is 11.4. The predicted octanol–water partition coefficient (Wildman–Crippen LogP) is 1.28. The molecule has 7 nitrogen and oxygen atoms in total. The maximum absolute atomic E-state index is 11.4. The zero-order chi connectivity index (χ0) is 14.5. The molecule has 1 aromatic heterocycles. The minimum atomic E-state index is -0.408. The molecular weight excluding hydrogens is 258 g/mol. The summed E-state index contributed by atoms with van der Waals surface area (Å²) in [6, 6.07) is 4.99. The number of carbonyl (C=O) groups is 1. The third-order valence-electron chi connectivity index (χ3n) is 2.95.